The summed E-state index contributed by atoms with van der Waals surface area (Å²) in [6.07, 6.45) is 1.33. The Kier molecular flexibility index (Phi) is 6.51. The minimum Gasteiger partial charge on any atom is -0.291 e. The fraction of sp³-hybridized carbons (Fsp3) is 0. The Morgan fingerprint density at radius 2 is 1.61 bits per heavy atom. The summed E-state index contributed by atoms with van der Waals surface area (Å²) in [5.74, 6) is -0.681. The highest BCUT2D eigenvalue weighted by Crippen LogP contribution is 2.27. The number of nitrogens with zero attached hydrogens (tertiary/aromatic N) is 2. The number of nitrogens with one attached hydrogen (secondary N) is 2. The first-order valence-corrected chi connectivity index (χ1v) is 9.62. The molecule has 0 spiro atoms. The zero-order chi connectivity index (χ0) is 20.3. The Hall–Kier alpha value is -2.19. The van der Waals surface area contributed by atoms with Crippen molar-refractivity contribution in [1.82, 2.24) is 15.3 Å². The molecule has 1 aromatic heterocycles. The third-order valence-electron chi connectivity index (χ3n) is 3.51. The molecule has 0 unspecified atom stereocenters. The van der Waals surface area contributed by atoms with Crippen molar-refractivity contribution in [3.8, 4) is 11.3 Å². The van der Waals surface area contributed by atoms with Crippen LogP contribution in [-0.4, -0.2) is 21.9 Å². The number of amides is 3. The highest BCUT2D eigenvalue weighted by atomic mass is 79.9. The molecular weight excluding hydrogens is 490 g/mol. The average molecular weight is 501 g/mol. The maximum Gasteiger partial charge on any atom is 0.327 e. The first-order chi connectivity index (χ1) is 13.3. The van der Waals surface area contributed by atoms with Gasteiger partial charge >= 0.3 is 6.03 Å². The Balaban J connectivity index is 1.71. The van der Waals surface area contributed by atoms with E-state index in [1.54, 1.807) is 6.07 Å². The van der Waals surface area contributed by atoms with E-state index in [0.29, 0.717) is 5.69 Å². The largest absolute Gasteiger partial charge is 0.327 e. The van der Waals surface area contributed by atoms with Gasteiger partial charge in [0.2, 0.25) is 0 Å². The van der Waals surface area contributed by atoms with E-state index in [9.17, 15) is 9.59 Å². The Morgan fingerprint density at radius 3 is 2.21 bits per heavy atom. The van der Waals surface area contributed by atoms with Crippen molar-refractivity contribution in [3.05, 3.63) is 73.9 Å². The van der Waals surface area contributed by atoms with Gasteiger partial charge in [0.15, 0.2) is 11.0 Å². The topological polar surface area (TPSA) is 84.0 Å². The molecule has 142 valence electrons. The fourth-order valence-corrected chi connectivity index (χ4v) is 3.34. The molecule has 28 heavy (non-hydrogen) atoms. The lowest BCUT2D eigenvalue weighted by atomic mass is 10.2. The van der Waals surface area contributed by atoms with Crippen LogP contribution in [0, 0.1) is 0 Å². The zero-order valence-electron chi connectivity index (χ0n) is 13.8. The maximum atomic E-state index is 12.2. The van der Waals surface area contributed by atoms with E-state index in [2.05, 4.69) is 36.5 Å². The van der Waals surface area contributed by atoms with Gasteiger partial charge < -0.3 is 0 Å². The van der Waals surface area contributed by atoms with E-state index in [1.165, 1.54) is 18.3 Å². The van der Waals surface area contributed by atoms with Crippen LogP contribution in [0.25, 0.3) is 11.3 Å². The van der Waals surface area contributed by atoms with Crippen LogP contribution in [0.2, 0.25) is 15.2 Å². The molecule has 2 N–H and O–H groups in total. The highest BCUT2D eigenvalue weighted by molar-refractivity contribution is 9.10. The van der Waals surface area contributed by atoms with Crippen molar-refractivity contribution < 1.29 is 9.59 Å². The molecule has 0 saturated carbocycles. The molecule has 0 aliphatic carbocycles. The van der Waals surface area contributed by atoms with Crippen LogP contribution in [-0.2, 0) is 0 Å². The molecule has 3 rings (SSSR count). The molecule has 0 bridgehead atoms. The molecule has 0 aliphatic heterocycles. The van der Waals surface area contributed by atoms with Gasteiger partial charge in [0.05, 0.1) is 21.8 Å². The van der Waals surface area contributed by atoms with E-state index in [1.807, 2.05) is 24.3 Å². The van der Waals surface area contributed by atoms with E-state index in [-0.39, 0.29) is 26.6 Å². The molecule has 0 saturated heterocycles. The van der Waals surface area contributed by atoms with Crippen LogP contribution < -0.4 is 10.6 Å². The second-order valence-electron chi connectivity index (χ2n) is 5.41. The Morgan fingerprint density at radius 1 is 0.964 bits per heavy atom. The lowest BCUT2D eigenvalue weighted by molar-refractivity contribution is 0.0967. The highest BCUT2D eigenvalue weighted by Gasteiger charge is 2.18. The van der Waals surface area contributed by atoms with Crippen LogP contribution in [0.15, 0.2) is 53.1 Å². The van der Waals surface area contributed by atoms with Crippen LogP contribution in [0.4, 0.5) is 10.6 Å². The minimum absolute atomic E-state index is 0.00399. The van der Waals surface area contributed by atoms with Crippen LogP contribution in [0.3, 0.4) is 0 Å². The summed E-state index contributed by atoms with van der Waals surface area (Å²) < 4.78 is 0.915. The number of carbonyl (C=O) groups excluding carboxylic acids is 2. The molecule has 10 heteroatoms. The summed E-state index contributed by atoms with van der Waals surface area (Å²) in [6.45, 7) is 0. The van der Waals surface area contributed by atoms with Gasteiger partial charge in [-0.15, -0.1) is 0 Å². The number of anilines is 1. The molecule has 0 aliphatic rings. The molecule has 3 aromatic rings. The Bertz CT molecular complexity index is 1040. The zero-order valence-corrected chi connectivity index (χ0v) is 17.7. The van der Waals surface area contributed by atoms with Gasteiger partial charge in [0.25, 0.3) is 5.91 Å². The molecule has 6 nitrogen and oxygen atoms in total. The lowest BCUT2D eigenvalue weighted by Crippen LogP contribution is -2.35. The number of halogens is 4. The first-order valence-electron chi connectivity index (χ1n) is 7.70. The van der Waals surface area contributed by atoms with Gasteiger partial charge in [-0.05, 0) is 24.3 Å². The van der Waals surface area contributed by atoms with Gasteiger partial charge in [-0.2, -0.15) is 0 Å². The fourth-order valence-electron chi connectivity index (χ4n) is 2.26. The maximum absolute atomic E-state index is 12.2. The predicted octanol–water partition coefficient (Wildman–Crippen LogP) is 5.83. The number of carbonyl (C=O) groups is 2. The number of benzene rings is 2. The van der Waals surface area contributed by atoms with Crippen molar-refractivity contribution in [2.45, 2.75) is 0 Å². The summed E-state index contributed by atoms with van der Waals surface area (Å²) in [6, 6.07) is 11.1. The summed E-state index contributed by atoms with van der Waals surface area (Å²) in [5.41, 5.74) is 1.22. The van der Waals surface area contributed by atoms with E-state index >= 15 is 0 Å². The van der Waals surface area contributed by atoms with Gasteiger partial charge in [0, 0.05) is 10.0 Å². The number of urea groups is 1. The number of aromatic nitrogens is 2. The summed E-state index contributed by atoms with van der Waals surface area (Å²) >= 11 is 21.4. The van der Waals surface area contributed by atoms with Gasteiger partial charge in [-0.25, -0.2) is 14.8 Å². The molecule has 0 radical (unpaired) electrons. The smallest absolute Gasteiger partial charge is 0.291 e. The second-order valence-corrected chi connectivity index (χ2v) is 7.49. The number of rotatable bonds is 3. The summed E-state index contributed by atoms with van der Waals surface area (Å²) in [7, 11) is 0. The molecule has 3 amide bonds. The third kappa shape index (κ3) is 4.80. The third-order valence-corrected chi connectivity index (χ3v) is 4.93. The second kappa shape index (κ2) is 8.87. The van der Waals surface area contributed by atoms with E-state index < -0.39 is 11.9 Å². The molecule has 0 fully saturated rings. The van der Waals surface area contributed by atoms with E-state index in [0.717, 1.165) is 10.0 Å². The average Bonchev–Trinajstić information content (AvgIpc) is 2.62. The van der Waals surface area contributed by atoms with Crippen molar-refractivity contribution in [3.63, 3.8) is 0 Å². The summed E-state index contributed by atoms with van der Waals surface area (Å²) in [4.78, 5) is 32.6. The van der Waals surface area contributed by atoms with Gasteiger partial charge in [0.1, 0.15) is 5.69 Å². The minimum atomic E-state index is -0.831. The van der Waals surface area contributed by atoms with E-state index in [4.69, 9.17) is 34.8 Å². The standard InChI is InChI=1S/C18H10BrCl3N4O2/c19-10-6-4-9(5-7-10)15-16(22)24-13(8-23-15)25-18(28)26-17(27)14-11(20)2-1-3-12(14)21/h1-8H,(H2,24,25,26,27,28). The Labute approximate surface area is 183 Å². The lowest BCUT2D eigenvalue weighted by Gasteiger charge is -2.09. The predicted molar refractivity (Wildman–Crippen MR) is 113 cm³/mol. The summed E-state index contributed by atoms with van der Waals surface area (Å²) in [5, 5.41) is 4.86. The van der Waals surface area contributed by atoms with Crippen molar-refractivity contribution in [2.75, 3.05) is 5.32 Å². The molecule has 2 aromatic carbocycles. The number of imide groups is 1. The van der Waals surface area contributed by atoms with Gasteiger partial charge in [-0.1, -0.05) is 68.9 Å². The normalized spacial score (nSPS) is 10.4. The quantitative estimate of drug-likeness (QED) is 0.474. The first kappa shape index (κ1) is 20.5. The number of hydrogen-bond donors (Lipinski definition) is 2. The number of hydrogen-bond acceptors (Lipinski definition) is 4. The SMILES string of the molecule is O=C(NC(=O)c1c(Cl)cccc1Cl)Nc1cnc(-c2ccc(Br)cc2)c(Cl)n1. The molecule has 1 heterocycles. The van der Waals surface area contributed by atoms with Crippen LogP contribution in [0.1, 0.15) is 10.4 Å². The molecule has 0 atom stereocenters. The van der Waals surface area contributed by atoms with Crippen molar-refractivity contribution in [2.24, 2.45) is 0 Å². The van der Waals surface area contributed by atoms with Crippen molar-refractivity contribution in [1.29, 1.82) is 0 Å². The van der Waals surface area contributed by atoms with Crippen LogP contribution in [0.5, 0.6) is 0 Å². The van der Waals surface area contributed by atoms with Crippen molar-refractivity contribution >= 4 is 68.5 Å². The molecular formula is C18H10BrCl3N4O2. The van der Waals surface area contributed by atoms with Gasteiger partial charge in [-0.3, -0.25) is 15.4 Å². The van der Waals surface area contributed by atoms with Crippen LogP contribution >= 0.6 is 50.7 Å². The monoisotopic (exact) mass is 498 g/mol.